The first-order chi connectivity index (χ1) is 11.5. The normalized spacial score (nSPS) is 10.6. The molecule has 3 aromatic rings. The van der Waals surface area contributed by atoms with Crippen molar-refractivity contribution in [3.63, 3.8) is 0 Å². The number of hydrogen-bond acceptors (Lipinski definition) is 4. The summed E-state index contributed by atoms with van der Waals surface area (Å²) < 4.78 is 18.9. The maximum absolute atomic E-state index is 13.7. The minimum absolute atomic E-state index is 0.0124. The molecule has 0 aliphatic rings. The van der Waals surface area contributed by atoms with Crippen LogP contribution < -0.4 is 0 Å². The van der Waals surface area contributed by atoms with Gasteiger partial charge in [0, 0.05) is 12.6 Å². The number of carbonyl (C=O) groups is 1. The third kappa shape index (κ3) is 3.32. The van der Waals surface area contributed by atoms with E-state index in [1.807, 2.05) is 31.2 Å². The van der Waals surface area contributed by atoms with Crippen LogP contribution in [0.25, 0.3) is 11.4 Å². The molecule has 2 aromatic carbocycles. The van der Waals surface area contributed by atoms with Crippen molar-refractivity contribution in [3.8, 4) is 11.4 Å². The van der Waals surface area contributed by atoms with E-state index in [1.54, 1.807) is 13.1 Å². The van der Waals surface area contributed by atoms with Crippen LogP contribution in [0.15, 0.2) is 53.1 Å². The minimum atomic E-state index is -0.555. The molecule has 5 nitrogen and oxygen atoms in total. The van der Waals surface area contributed by atoms with Crippen molar-refractivity contribution in [2.45, 2.75) is 13.5 Å². The number of hydrogen-bond donors (Lipinski definition) is 0. The van der Waals surface area contributed by atoms with E-state index in [9.17, 15) is 9.18 Å². The largest absolute Gasteiger partial charge is 0.337 e. The fourth-order valence-electron chi connectivity index (χ4n) is 2.34. The average Bonchev–Trinajstić information content (AvgIpc) is 3.03. The van der Waals surface area contributed by atoms with Crippen LogP contribution in [-0.2, 0) is 6.54 Å². The molecule has 0 aliphatic heterocycles. The third-order valence-corrected chi connectivity index (χ3v) is 3.57. The number of carbonyl (C=O) groups excluding carboxylic acids is 1. The molecule has 0 saturated heterocycles. The molecule has 0 bridgehead atoms. The van der Waals surface area contributed by atoms with Gasteiger partial charge in [0.05, 0.1) is 12.1 Å². The zero-order chi connectivity index (χ0) is 17.1. The van der Waals surface area contributed by atoms with Gasteiger partial charge in [0.2, 0.25) is 11.7 Å². The third-order valence-electron chi connectivity index (χ3n) is 3.57. The van der Waals surface area contributed by atoms with Gasteiger partial charge in [0.1, 0.15) is 5.82 Å². The Bertz CT molecular complexity index is 876. The van der Waals surface area contributed by atoms with Crippen molar-refractivity contribution in [3.05, 3.63) is 71.4 Å². The van der Waals surface area contributed by atoms with Crippen molar-refractivity contribution in [2.24, 2.45) is 0 Å². The van der Waals surface area contributed by atoms with Crippen molar-refractivity contribution >= 4 is 5.91 Å². The van der Waals surface area contributed by atoms with Gasteiger partial charge in [-0.1, -0.05) is 41.1 Å². The molecule has 0 N–H and O–H groups in total. The average molecular weight is 325 g/mol. The van der Waals surface area contributed by atoms with Gasteiger partial charge in [-0.25, -0.2) is 4.39 Å². The van der Waals surface area contributed by atoms with Crippen LogP contribution in [0.5, 0.6) is 0 Å². The quantitative estimate of drug-likeness (QED) is 0.737. The van der Waals surface area contributed by atoms with Gasteiger partial charge in [-0.3, -0.25) is 4.79 Å². The Hall–Kier alpha value is -3.02. The van der Waals surface area contributed by atoms with Gasteiger partial charge < -0.3 is 9.42 Å². The molecule has 3 rings (SSSR count). The first-order valence-corrected chi connectivity index (χ1v) is 7.44. The lowest BCUT2D eigenvalue weighted by Crippen LogP contribution is -2.27. The Morgan fingerprint density at radius 1 is 1.21 bits per heavy atom. The molecule has 0 atom stereocenters. The van der Waals surface area contributed by atoms with Crippen molar-refractivity contribution in [2.75, 3.05) is 7.05 Å². The molecule has 122 valence electrons. The summed E-state index contributed by atoms with van der Waals surface area (Å²) in [5.74, 6) is -0.247. The zero-order valence-electron chi connectivity index (χ0n) is 13.4. The fourth-order valence-corrected chi connectivity index (χ4v) is 2.34. The highest BCUT2D eigenvalue weighted by Crippen LogP contribution is 2.18. The van der Waals surface area contributed by atoms with Crippen LogP contribution in [0.2, 0.25) is 0 Å². The summed E-state index contributed by atoms with van der Waals surface area (Å²) in [5, 5.41) is 3.93. The molecule has 0 radical (unpaired) electrons. The SMILES string of the molecule is Cc1cccc(-c2noc(CN(C)C(=O)c3ccccc3F)n2)c1. The standard InChI is InChI=1S/C18H16FN3O2/c1-12-6-5-7-13(10-12)17-20-16(24-21-17)11-22(2)18(23)14-8-3-4-9-15(14)19/h3-10H,11H2,1-2H3. The summed E-state index contributed by atoms with van der Waals surface area (Å²) >= 11 is 0. The lowest BCUT2D eigenvalue weighted by molar-refractivity contribution is 0.0765. The smallest absolute Gasteiger partial charge is 0.257 e. The predicted octanol–water partition coefficient (Wildman–Crippen LogP) is 3.46. The number of amides is 1. The van der Waals surface area contributed by atoms with Gasteiger partial charge in [-0.2, -0.15) is 4.98 Å². The molecule has 0 unspecified atom stereocenters. The van der Waals surface area contributed by atoms with Crippen LogP contribution in [-0.4, -0.2) is 28.0 Å². The van der Waals surface area contributed by atoms with Gasteiger partial charge >= 0.3 is 0 Å². The highest BCUT2D eigenvalue weighted by Gasteiger charge is 2.18. The van der Waals surface area contributed by atoms with E-state index < -0.39 is 11.7 Å². The molecular weight excluding hydrogens is 309 g/mol. The van der Waals surface area contributed by atoms with E-state index in [1.165, 1.54) is 23.1 Å². The number of nitrogens with zero attached hydrogens (tertiary/aromatic N) is 3. The zero-order valence-corrected chi connectivity index (χ0v) is 13.4. The van der Waals surface area contributed by atoms with Crippen LogP contribution in [0.3, 0.4) is 0 Å². The number of halogens is 1. The molecule has 24 heavy (non-hydrogen) atoms. The number of rotatable bonds is 4. The topological polar surface area (TPSA) is 59.2 Å². The van der Waals surface area contributed by atoms with E-state index in [-0.39, 0.29) is 12.1 Å². The minimum Gasteiger partial charge on any atom is -0.337 e. The number of aromatic nitrogens is 2. The summed E-state index contributed by atoms with van der Waals surface area (Å²) in [6.45, 7) is 2.08. The van der Waals surface area contributed by atoms with Gasteiger partial charge in [-0.05, 0) is 25.1 Å². The second kappa shape index (κ2) is 6.62. The fraction of sp³-hybridized carbons (Fsp3) is 0.167. The molecule has 0 fully saturated rings. The van der Waals surface area contributed by atoms with E-state index in [4.69, 9.17) is 4.52 Å². The molecule has 1 amide bonds. The Labute approximate surface area is 138 Å². The van der Waals surface area contributed by atoms with E-state index >= 15 is 0 Å². The maximum Gasteiger partial charge on any atom is 0.257 e. The summed E-state index contributed by atoms with van der Waals surface area (Å²) in [7, 11) is 1.56. The molecule has 0 saturated carbocycles. The van der Waals surface area contributed by atoms with E-state index in [0.717, 1.165) is 11.1 Å². The highest BCUT2D eigenvalue weighted by molar-refractivity contribution is 5.94. The van der Waals surface area contributed by atoms with Crippen LogP contribution in [0.1, 0.15) is 21.8 Å². The number of benzene rings is 2. The van der Waals surface area contributed by atoms with E-state index in [0.29, 0.717) is 11.7 Å². The Kier molecular flexibility index (Phi) is 4.37. The second-order valence-corrected chi connectivity index (χ2v) is 5.52. The lowest BCUT2D eigenvalue weighted by Gasteiger charge is -2.14. The van der Waals surface area contributed by atoms with Crippen molar-refractivity contribution < 1.29 is 13.7 Å². The lowest BCUT2D eigenvalue weighted by atomic mass is 10.1. The van der Waals surface area contributed by atoms with Gasteiger partial charge in [-0.15, -0.1) is 0 Å². The first-order valence-electron chi connectivity index (χ1n) is 7.44. The summed E-state index contributed by atoms with van der Waals surface area (Å²) in [6.07, 6.45) is 0. The maximum atomic E-state index is 13.7. The van der Waals surface area contributed by atoms with Crippen LogP contribution in [0.4, 0.5) is 4.39 Å². The predicted molar refractivity (Wildman–Crippen MR) is 86.7 cm³/mol. The summed E-state index contributed by atoms with van der Waals surface area (Å²) in [6, 6.07) is 13.6. The Morgan fingerprint density at radius 2 is 2.00 bits per heavy atom. The first kappa shape index (κ1) is 15.9. The Morgan fingerprint density at radius 3 is 2.75 bits per heavy atom. The summed E-state index contributed by atoms with van der Waals surface area (Å²) in [4.78, 5) is 17.9. The van der Waals surface area contributed by atoms with Gasteiger partial charge in [0.25, 0.3) is 5.91 Å². The molecule has 1 aromatic heterocycles. The Balaban J connectivity index is 1.75. The number of aryl methyl sites for hydroxylation is 1. The monoisotopic (exact) mass is 325 g/mol. The molecule has 6 heteroatoms. The molecular formula is C18H16FN3O2. The van der Waals surface area contributed by atoms with Crippen LogP contribution >= 0.6 is 0 Å². The van der Waals surface area contributed by atoms with Crippen molar-refractivity contribution in [1.82, 2.24) is 15.0 Å². The van der Waals surface area contributed by atoms with E-state index in [2.05, 4.69) is 10.1 Å². The molecule has 0 spiro atoms. The molecule has 1 heterocycles. The second-order valence-electron chi connectivity index (χ2n) is 5.52. The highest BCUT2D eigenvalue weighted by atomic mass is 19.1. The van der Waals surface area contributed by atoms with Gasteiger partial charge in [0.15, 0.2) is 0 Å². The van der Waals surface area contributed by atoms with Crippen LogP contribution in [0, 0.1) is 12.7 Å². The van der Waals surface area contributed by atoms with Crippen molar-refractivity contribution in [1.29, 1.82) is 0 Å². The molecule has 0 aliphatic carbocycles. The summed E-state index contributed by atoms with van der Waals surface area (Å²) in [5.41, 5.74) is 1.94.